The molecule has 0 fully saturated rings. The Bertz CT molecular complexity index is 810. The molecule has 2 aromatic rings. The first-order chi connectivity index (χ1) is 12.3. The van der Waals surface area contributed by atoms with Crippen molar-refractivity contribution < 1.29 is 14.3 Å². The van der Waals surface area contributed by atoms with E-state index in [9.17, 15) is 9.59 Å². The molecule has 5 heteroatoms. The molecule has 0 saturated heterocycles. The van der Waals surface area contributed by atoms with Gasteiger partial charge in [0.1, 0.15) is 13.2 Å². The Kier molecular flexibility index (Phi) is 6.13. The molecule has 0 bridgehead atoms. The van der Waals surface area contributed by atoms with Gasteiger partial charge in [0.15, 0.2) is 0 Å². The second-order valence-electron chi connectivity index (χ2n) is 6.98. The van der Waals surface area contributed by atoms with Crippen LogP contribution < -0.4 is 5.32 Å². The van der Waals surface area contributed by atoms with E-state index in [1.807, 2.05) is 18.2 Å². The summed E-state index contributed by atoms with van der Waals surface area (Å²) in [4.78, 5) is 23.9. The van der Waals surface area contributed by atoms with Gasteiger partial charge < -0.3 is 10.1 Å². The van der Waals surface area contributed by atoms with Crippen molar-refractivity contribution in [1.29, 1.82) is 5.26 Å². The summed E-state index contributed by atoms with van der Waals surface area (Å²) < 4.78 is 5.12. The summed E-state index contributed by atoms with van der Waals surface area (Å²) in [7, 11) is 0. The lowest BCUT2D eigenvalue weighted by Gasteiger charge is -2.19. The van der Waals surface area contributed by atoms with Crippen LogP contribution in [0.2, 0.25) is 0 Å². The molecule has 5 nitrogen and oxygen atoms in total. The van der Waals surface area contributed by atoms with E-state index in [-0.39, 0.29) is 24.5 Å². The van der Waals surface area contributed by atoms with Crippen molar-refractivity contribution in [3.63, 3.8) is 0 Å². The van der Waals surface area contributed by atoms with Crippen LogP contribution in [-0.2, 0) is 21.6 Å². The fraction of sp³-hybridized carbons (Fsp3) is 0.286. The quantitative estimate of drug-likeness (QED) is 0.839. The predicted octanol–water partition coefficient (Wildman–Crippen LogP) is 3.33. The van der Waals surface area contributed by atoms with Crippen molar-refractivity contribution in [2.24, 2.45) is 0 Å². The Morgan fingerprint density at radius 3 is 2.19 bits per heavy atom. The van der Waals surface area contributed by atoms with Crippen LogP contribution in [0.25, 0.3) is 0 Å². The molecule has 0 atom stereocenters. The SMILES string of the molecule is CC(C)(C)c1ccc(C(=O)NCC(=O)OCc2ccc(C#N)cc2)cc1. The standard InChI is InChI=1S/C21H22N2O3/c1-21(2,3)18-10-8-17(9-11-18)20(25)23-13-19(24)26-14-16-6-4-15(12-22)5-7-16/h4-11H,13-14H2,1-3H3,(H,23,25). The number of carbonyl (C=O) groups excluding carboxylic acids is 2. The van der Waals surface area contributed by atoms with Crippen LogP contribution in [0, 0.1) is 11.3 Å². The van der Waals surface area contributed by atoms with Crippen LogP contribution in [0.3, 0.4) is 0 Å². The van der Waals surface area contributed by atoms with Crippen LogP contribution in [0.15, 0.2) is 48.5 Å². The van der Waals surface area contributed by atoms with Gasteiger partial charge in [-0.25, -0.2) is 0 Å². The van der Waals surface area contributed by atoms with Crippen LogP contribution in [-0.4, -0.2) is 18.4 Å². The Hall–Kier alpha value is -3.13. The van der Waals surface area contributed by atoms with E-state index in [0.29, 0.717) is 11.1 Å². The van der Waals surface area contributed by atoms with Crippen LogP contribution in [0.4, 0.5) is 0 Å². The average Bonchev–Trinajstić information content (AvgIpc) is 2.64. The zero-order valence-electron chi connectivity index (χ0n) is 15.2. The predicted molar refractivity (Wildman–Crippen MR) is 98.4 cm³/mol. The fourth-order valence-electron chi connectivity index (χ4n) is 2.27. The Morgan fingerprint density at radius 1 is 1.04 bits per heavy atom. The number of carbonyl (C=O) groups is 2. The molecule has 26 heavy (non-hydrogen) atoms. The minimum absolute atomic E-state index is 0.0181. The second kappa shape index (κ2) is 8.30. The largest absolute Gasteiger partial charge is 0.460 e. The minimum atomic E-state index is -0.519. The minimum Gasteiger partial charge on any atom is -0.460 e. The smallest absolute Gasteiger partial charge is 0.325 e. The number of rotatable bonds is 5. The molecular weight excluding hydrogens is 328 g/mol. The third-order valence-electron chi connectivity index (χ3n) is 3.89. The van der Waals surface area contributed by atoms with E-state index >= 15 is 0 Å². The van der Waals surface area contributed by atoms with Gasteiger partial charge in [-0.1, -0.05) is 45.0 Å². The third kappa shape index (κ3) is 5.45. The second-order valence-corrected chi connectivity index (χ2v) is 6.98. The highest BCUT2D eigenvalue weighted by atomic mass is 16.5. The summed E-state index contributed by atoms with van der Waals surface area (Å²) in [6.45, 7) is 6.21. The van der Waals surface area contributed by atoms with Crippen LogP contribution in [0.5, 0.6) is 0 Å². The van der Waals surface area contributed by atoms with Gasteiger partial charge in [-0.05, 0) is 40.8 Å². The van der Waals surface area contributed by atoms with E-state index < -0.39 is 5.97 Å². The highest BCUT2D eigenvalue weighted by Gasteiger charge is 2.14. The highest BCUT2D eigenvalue weighted by Crippen LogP contribution is 2.22. The van der Waals surface area contributed by atoms with Crippen molar-refractivity contribution in [2.45, 2.75) is 32.8 Å². The Morgan fingerprint density at radius 2 is 1.65 bits per heavy atom. The highest BCUT2D eigenvalue weighted by molar-refractivity contribution is 5.95. The van der Waals surface area contributed by atoms with Crippen LogP contribution in [0.1, 0.15) is 47.8 Å². The number of hydrogen-bond donors (Lipinski definition) is 1. The molecule has 2 rings (SSSR count). The van der Waals surface area contributed by atoms with Crippen molar-refractivity contribution in [1.82, 2.24) is 5.32 Å². The van der Waals surface area contributed by atoms with E-state index in [4.69, 9.17) is 10.00 Å². The molecule has 1 amide bonds. The molecule has 0 heterocycles. The molecule has 0 spiro atoms. The van der Waals surface area contributed by atoms with Gasteiger partial charge in [-0.2, -0.15) is 5.26 Å². The molecule has 0 aliphatic carbocycles. The number of nitriles is 1. The average molecular weight is 350 g/mol. The number of esters is 1. The first kappa shape index (κ1) is 19.2. The topological polar surface area (TPSA) is 79.2 Å². The Labute approximate surface area is 153 Å². The van der Waals surface area contributed by atoms with E-state index in [1.54, 1.807) is 36.4 Å². The first-order valence-corrected chi connectivity index (χ1v) is 8.33. The molecule has 1 N–H and O–H groups in total. The lowest BCUT2D eigenvalue weighted by Crippen LogP contribution is -2.30. The summed E-state index contributed by atoms with van der Waals surface area (Å²) in [5.41, 5.74) is 2.98. The maximum atomic E-state index is 12.1. The summed E-state index contributed by atoms with van der Waals surface area (Å²) in [5, 5.41) is 11.3. The zero-order valence-corrected chi connectivity index (χ0v) is 15.2. The van der Waals surface area contributed by atoms with E-state index in [1.165, 1.54) is 0 Å². The maximum Gasteiger partial charge on any atom is 0.325 e. The molecule has 0 aliphatic heterocycles. The lowest BCUT2D eigenvalue weighted by atomic mass is 9.87. The van der Waals surface area contributed by atoms with E-state index in [0.717, 1.165) is 11.1 Å². The van der Waals surface area contributed by atoms with Gasteiger partial charge in [0.05, 0.1) is 11.6 Å². The zero-order chi connectivity index (χ0) is 19.2. The molecule has 0 aliphatic rings. The van der Waals surface area contributed by atoms with Gasteiger partial charge in [0.25, 0.3) is 5.91 Å². The summed E-state index contributed by atoms with van der Waals surface area (Å²) >= 11 is 0. The van der Waals surface area contributed by atoms with Crippen molar-refractivity contribution in [3.05, 3.63) is 70.8 Å². The Balaban J connectivity index is 1.81. The maximum absolute atomic E-state index is 12.1. The number of nitrogens with zero attached hydrogens (tertiary/aromatic N) is 1. The third-order valence-corrected chi connectivity index (χ3v) is 3.89. The fourth-order valence-corrected chi connectivity index (χ4v) is 2.27. The normalized spacial score (nSPS) is 10.7. The van der Waals surface area contributed by atoms with Gasteiger partial charge in [0, 0.05) is 5.56 Å². The van der Waals surface area contributed by atoms with Crippen molar-refractivity contribution in [3.8, 4) is 6.07 Å². The molecule has 0 radical (unpaired) electrons. The van der Waals surface area contributed by atoms with Crippen molar-refractivity contribution in [2.75, 3.05) is 6.54 Å². The monoisotopic (exact) mass is 350 g/mol. The van der Waals surface area contributed by atoms with Crippen molar-refractivity contribution >= 4 is 11.9 Å². The number of amides is 1. The van der Waals surface area contributed by atoms with Gasteiger partial charge in [-0.3, -0.25) is 9.59 Å². The molecular formula is C21H22N2O3. The van der Waals surface area contributed by atoms with Gasteiger partial charge in [-0.15, -0.1) is 0 Å². The lowest BCUT2D eigenvalue weighted by molar-refractivity contribution is -0.143. The molecule has 0 unspecified atom stereocenters. The number of ether oxygens (including phenoxy) is 1. The van der Waals surface area contributed by atoms with Gasteiger partial charge >= 0.3 is 5.97 Å². The van der Waals surface area contributed by atoms with E-state index in [2.05, 4.69) is 26.1 Å². The molecule has 0 saturated carbocycles. The van der Waals surface area contributed by atoms with Crippen LogP contribution >= 0.6 is 0 Å². The summed E-state index contributed by atoms with van der Waals surface area (Å²) in [6.07, 6.45) is 0. The summed E-state index contributed by atoms with van der Waals surface area (Å²) in [6, 6.07) is 16.1. The number of hydrogen-bond acceptors (Lipinski definition) is 4. The molecule has 134 valence electrons. The molecule has 2 aromatic carbocycles. The summed E-state index contributed by atoms with van der Waals surface area (Å²) in [5.74, 6) is -0.838. The first-order valence-electron chi connectivity index (χ1n) is 8.33. The van der Waals surface area contributed by atoms with Gasteiger partial charge in [0.2, 0.25) is 0 Å². The number of nitrogens with one attached hydrogen (secondary N) is 1. The molecule has 0 aromatic heterocycles. The number of benzene rings is 2.